The maximum atomic E-state index is 14.4. The molecule has 5 rings (SSSR count). The second-order valence-corrected chi connectivity index (χ2v) is 33.3. The molecule has 6 unspecified atom stereocenters. The van der Waals surface area contributed by atoms with Crippen LogP contribution in [0.2, 0.25) is 0 Å². The van der Waals surface area contributed by atoms with E-state index in [0.29, 0.717) is 160 Å². The van der Waals surface area contributed by atoms with Crippen molar-refractivity contribution in [1.82, 2.24) is 36.8 Å². The molecule has 6 atom stereocenters. The zero-order valence-corrected chi connectivity index (χ0v) is 78.4. The van der Waals surface area contributed by atoms with Gasteiger partial charge in [-0.05, 0) is 110 Å². The first-order valence-electron chi connectivity index (χ1n) is 44.6. The number of carbonyl (C=O) groups excluding carboxylic acids is 9. The fourth-order valence-electron chi connectivity index (χ4n) is 13.4. The number of carboxylic acid groups (broad SMARTS) is 2. The Balaban J connectivity index is 1.08. The summed E-state index contributed by atoms with van der Waals surface area (Å²) in [5, 5.41) is 41.5. The Bertz CT molecular complexity index is 4260. The zero-order valence-electron chi connectivity index (χ0n) is 78.4. The van der Waals surface area contributed by atoms with E-state index in [1.165, 1.54) is 30.0 Å². The van der Waals surface area contributed by atoms with Crippen LogP contribution in [-0.4, -0.2) is 296 Å². The number of unbranched alkanes of at least 4 members (excludes halogenated alkanes) is 1. The molecular weight excluding hydrogens is 1700 g/mol. The summed E-state index contributed by atoms with van der Waals surface area (Å²) in [5.74, 6) is -1.53. The molecule has 1 heterocycles. The van der Waals surface area contributed by atoms with Crippen molar-refractivity contribution in [3.8, 4) is 11.8 Å². The van der Waals surface area contributed by atoms with Crippen LogP contribution < -0.4 is 47.4 Å². The molecule has 0 fully saturated rings. The molecule has 36 nitrogen and oxygen atoms in total. The molecule has 36 heteroatoms. The lowest BCUT2D eigenvalue weighted by molar-refractivity contribution is -0.141. The number of anilines is 3. The second-order valence-electron chi connectivity index (χ2n) is 33.3. The van der Waals surface area contributed by atoms with Gasteiger partial charge in [-0.2, -0.15) is 0 Å². The Hall–Kier alpha value is -10.4. The molecule has 0 saturated heterocycles. The number of carboxylic acids is 2. The van der Waals surface area contributed by atoms with Crippen molar-refractivity contribution >= 4 is 82.4 Å². The number of methoxy groups -OCH3 is 1. The van der Waals surface area contributed by atoms with E-state index in [1.807, 2.05) is 97.0 Å². The fourth-order valence-corrected chi connectivity index (χ4v) is 13.4. The lowest BCUT2D eigenvalue weighted by atomic mass is 9.76. The van der Waals surface area contributed by atoms with E-state index in [4.69, 9.17) is 61.6 Å². The number of fused-ring (bicyclic) bond motifs is 2. The van der Waals surface area contributed by atoms with Gasteiger partial charge in [0.25, 0.3) is 0 Å². The molecule has 0 bridgehead atoms. The number of hydrogen-bond acceptors (Lipinski definition) is 25. The lowest BCUT2D eigenvalue weighted by Crippen LogP contribution is -2.61. The highest BCUT2D eigenvalue weighted by atomic mass is 16.6. The van der Waals surface area contributed by atoms with Crippen LogP contribution in [0.25, 0.3) is 0 Å². The largest absolute Gasteiger partial charge is 0.481 e. The van der Waals surface area contributed by atoms with Gasteiger partial charge < -0.3 is 119 Å². The number of aliphatic carboxylic acids is 2. The highest BCUT2D eigenvalue weighted by molar-refractivity contribution is 6.00. The molecule has 0 aromatic heterocycles. The molecule has 9 amide bonds. The van der Waals surface area contributed by atoms with E-state index >= 15 is 0 Å². The summed E-state index contributed by atoms with van der Waals surface area (Å²) in [6.07, 6.45) is 0.116. The Morgan fingerprint density at radius 1 is 0.504 bits per heavy atom. The van der Waals surface area contributed by atoms with Crippen LogP contribution in [0.3, 0.4) is 0 Å². The highest BCUT2D eigenvalue weighted by Gasteiger charge is 2.43. The van der Waals surface area contributed by atoms with Crippen molar-refractivity contribution in [1.29, 1.82) is 0 Å². The first-order valence-corrected chi connectivity index (χ1v) is 44.6. The first-order chi connectivity index (χ1) is 62.7. The molecule has 0 spiro atoms. The van der Waals surface area contributed by atoms with E-state index in [-0.39, 0.29) is 94.8 Å². The monoisotopic (exact) mass is 1840 g/mol. The third-order valence-electron chi connectivity index (χ3n) is 20.9. The number of nitrogens with one attached hydrogen (secondary N) is 8. The number of nitrogens with zero attached hydrogens (tertiary/aromatic N) is 2. The van der Waals surface area contributed by atoms with Gasteiger partial charge in [0.1, 0.15) is 30.8 Å². The van der Waals surface area contributed by atoms with E-state index in [0.717, 1.165) is 11.1 Å². The lowest BCUT2D eigenvalue weighted by Gasteiger charge is -2.40. The molecule has 726 valence electrons. The third kappa shape index (κ3) is 43.3. The summed E-state index contributed by atoms with van der Waals surface area (Å²) in [5.41, 5.74) is 3.09. The molecule has 0 saturated carbocycles. The van der Waals surface area contributed by atoms with Crippen molar-refractivity contribution in [3.05, 3.63) is 137 Å². The van der Waals surface area contributed by atoms with Gasteiger partial charge in [-0.15, -0.1) is 0 Å². The minimum Gasteiger partial charge on any atom is -0.481 e. The number of hydrogen-bond donors (Lipinski definition) is 10. The average Bonchev–Trinajstić information content (AvgIpc) is 0.785. The van der Waals surface area contributed by atoms with Gasteiger partial charge in [0.2, 0.25) is 47.3 Å². The predicted octanol–water partition coefficient (Wildman–Crippen LogP) is 7.10. The second kappa shape index (κ2) is 62.1. The summed E-state index contributed by atoms with van der Waals surface area (Å²) in [6.45, 7) is 26.2. The van der Waals surface area contributed by atoms with Crippen LogP contribution in [0, 0.1) is 29.1 Å². The molecule has 131 heavy (non-hydrogen) atoms. The molecule has 1 aliphatic heterocycles. The number of ether oxygens (including phenoxy) is 13. The van der Waals surface area contributed by atoms with Crippen molar-refractivity contribution in [2.75, 3.05) is 195 Å². The molecule has 1 aliphatic rings. The van der Waals surface area contributed by atoms with E-state index in [2.05, 4.69) is 54.4 Å². The smallest absolute Gasteiger partial charge is 0.411 e. The van der Waals surface area contributed by atoms with Gasteiger partial charge in [0.15, 0.2) is 0 Å². The van der Waals surface area contributed by atoms with Gasteiger partial charge in [-0.1, -0.05) is 135 Å². The first kappa shape index (κ1) is 111. The van der Waals surface area contributed by atoms with Gasteiger partial charge in [-0.25, -0.2) is 9.59 Å². The summed E-state index contributed by atoms with van der Waals surface area (Å²) in [4.78, 5) is 153. The Kier molecular flexibility index (Phi) is 52.7. The summed E-state index contributed by atoms with van der Waals surface area (Å²) >= 11 is 0. The maximum Gasteiger partial charge on any atom is 0.411 e. The number of amides is 9. The maximum absolute atomic E-state index is 14.4. The zero-order chi connectivity index (χ0) is 95.9. The molecule has 4 aromatic rings. The van der Waals surface area contributed by atoms with Crippen molar-refractivity contribution in [3.63, 3.8) is 0 Å². The van der Waals surface area contributed by atoms with E-state index in [1.54, 1.807) is 76.4 Å². The van der Waals surface area contributed by atoms with Crippen molar-refractivity contribution < 1.29 is 125 Å². The summed E-state index contributed by atoms with van der Waals surface area (Å²) in [7, 11) is 4.84. The Morgan fingerprint density at radius 3 is 1.53 bits per heavy atom. The van der Waals surface area contributed by atoms with Crippen LogP contribution in [0.5, 0.6) is 0 Å². The van der Waals surface area contributed by atoms with Gasteiger partial charge in [0, 0.05) is 79.9 Å². The van der Waals surface area contributed by atoms with Crippen LogP contribution in [-0.2, 0) is 128 Å². The molecular formula is C95H140N10O26. The molecule has 4 aromatic carbocycles. The topological polar surface area (TPSA) is 451 Å². The van der Waals surface area contributed by atoms with Crippen molar-refractivity contribution in [2.24, 2.45) is 17.3 Å². The highest BCUT2D eigenvalue weighted by Crippen LogP contribution is 2.32. The average molecular weight is 1840 g/mol. The predicted molar refractivity (Wildman–Crippen MR) is 490 cm³/mol. The number of benzene rings is 4. The third-order valence-corrected chi connectivity index (χ3v) is 20.9. The van der Waals surface area contributed by atoms with Crippen LogP contribution in [0.1, 0.15) is 142 Å². The van der Waals surface area contributed by atoms with Crippen LogP contribution in [0.4, 0.5) is 21.9 Å². The molecule has 10 N–H and O–H groups in total. The van der Waals surface area contributed by atoms with Crippen LogP contribution in [0.15, 0.2) is 109 Å². The van der Waals surface area contributed by atoms with Gasteiger partial charge in [0.05, 0.1) is 176 Å². The van der Waals surface area contributed by atoms with Crippen molar-refractivity contribution in [2.45, 2.75) is 169 Å². The number of carbonyl (C=O) groups is 11. The SMILES string of the molecule is CNC(C(=O)NC(C(=O)N(C)C(/C=C(\C)C(=O)O)C(C)C)C(C)(C)C)C(C)(C)c1cccc(NC(=O)OCc2ccc(NC(=O)C(CCC(=O)O)NC(=O)C(NC(=O)C(CNC(=O)CCOCCOCCOCCOCCOCCOCCOCCOCCOCCOCCOCCOC)NC(=O)CCCCC(=O)N3Cc4ccccc4C#Cc4ccccc43)C(C)C)cc2)c1. The summed E-state index contributed by atoms with van der Waals surface area (Å²) < 4.78 is 71.2. The molecule has 0 aliphatic carbocycles. The quantitative estimate of drug-likeness (QED) is 0.0120. The number of rotatable bonds is 67. The normalized spacial score (nSPS) is 13.4. The minimum atomic E-state index is -1.46. The Labute approximate surface area is 770 Å². The standard InChI is InChI=1S/C95H140N10O26/c1-66(2)79(61-68(5)92(116)117)104(12)91(115)86(94(6,7)8)103-90(114)85(96-11)95(9,10)73-24-20-25-75(62-73)99-93(118)131-65-69-29-33-74(34-30-69)98-87(111)76(35-36-83(109)110)101-89(113)84(67(3)4)102-88(112)77(100-81(107)27-18-19-28-82(108)105-64-72-23-15-14-21-70(72)31-32-71-22-16-17-26-78(71)105)63-97-80(106)37-38-120-41-42-122-45-46-124-49-50-126-53-54-128-57-58-130-60-59-129-56-55-127-52-51-125-48-47-123-44-43-121-40-39-119-13/h14-17,20-26,29-30,33-34,61-62,66-67,76-77,79,84-86,96H,18-19,27-28,35-60,63-65H2,1-13H3,(H,97,106)(H,98,111)(H,99,118)(H,100,107)(H,101,113)(H,102,112)(H,103,114)(H,109,110)(H,116,117)/b68-61+. The van der Waals surface area contributed by atoms with Crippen LogP contribution >= 0.6 is 0 Å². The number of para-hydroxylation sites is 1. The minimum absolute atomic E-state index is 0.0239. The van der Waals surface area contributed by atoms with Gasteiger partial charge in [-0.3, -0.25) is 48.5 Å². The molecule has 0 radical (unpaired) electrons. The van der Waals surface area contributed by atoms with E-state index in [9.17, 15) is 63.0 Å². The van der Waals surface area contributed by atoms with Gasteiger partial charge >= 0.3 is 18.0 Å². The fraction of sp³-hybridized carbons (Fsp3) is 0.589. The van der Waals surface area contributed by atoms with E-state index < -0.39 is 125 Å². The Morgan fingerprint density at radius 2 is 1.02 bits per heavy atom. The number of likely N-dealkylation sites (N-methyl/N-ethyl adjacent to an activating group) is 2. The summed E-state index contributed by atoms with van der Waals surface area (Å²) in [6, 6.07) is 21.2.